The minimum absolute atomic E-state index is 0.0460. The molecule has 2 rings (SSSR count). The highest BCUT2D eigenvalue weighted by Gasteiger charge is 2.31. The molecule has 1 heterocycles. The zero-order valence-electron chi connectivity index (χ0n) is 12.2. The standard InChI is InChI=1S/C13H21N3O4S/c1-3-16-8-11(21(14,18)19)7-12(16)13(17)15-9-5-10(6-9)20-4-2/h7-10H,3-6H2,1-2H3,(H,15,17)(H2,14,18,19). The van der Waals surface area contributed by atoms with Gasteiger partial charge in [0.05, 0.1) is 6.10 Å². The summed E-state index contributed by atoms with van der Waals surface area (Å²) in [5, 5.41) is 7.98. The Balaban J connectivity index is 2.04. The molecule has 8 heteroatoms. The third kappa shape index (κ3) is 3.63. The average molecular weight is 315 g/mol. The first-order valence-corrected chi connectivity index (χ1v) is 8.55. The molecule has 118 valence electrons. The maximum atomic E-state index is 12.2. The topological polar surface area (TPSA) is 103 Å². The van der Waals surface area contributed by atoms with Gasteiger partial charge < -0.3 is 14.6 Å². The predicted octanol–water partition coefficient (Wildman–Crippen LogP) is 0.453. The van der Waals surface area contributed by atoms with Gasteiger partial charge in [0.2, 0.25) is 10.0 Å². The molecule has 0 atom stereocenters. The second-order valence-electron chi connectivity index (χ2n) is 5.11. The van der Waals surface area contributed by atoms with Crippen molar-refractivity contribution in [3.8, 4) is 0 Å². The van der Waals surface area contributed by atoms with E-state index in [-0.39, 0.29) is 22.9 Å². The van der Waals surface area contributed by atoms with Crippen LogP contribution in [0, 0.1) is 0 Å². The fraction of sp³-hybridized carbons (Fsp3) is 0.615. The van der Waals surface area contributed by atoms with Crippen molar-refractivity contribution in [1.82, 2.24) is 9.88 Å². The highest BCUT2D eigenvalue weighted by Crippen LogP contribution is 2.24. The minimum Gasteiger partial charge on any atom is -0.378 e. The average Bonchev–Trinajstić information content (AvgIpc) is 2.80. The van der Waals surface area contributed by atoms with E-state index in [1.54, 1.807) is 4.57 Å². The van der Waals surface area contributed by atoms with Crippen LogP contribution in [0.5, 0.6) is 0 Å². The Bertz CT molecular complexity index is 617. The summed E-state index contributed by atoms with van der Waals surface area (Å²) in [7, 11) is -3.81. The second kappa shape index (κ2) is 6.17. The quantitative estimate of drug-likeness (QED) is 0.795. The van der Waals surface area contributed by atoms with Crippen molar-refractivity contribution in [3.63, 3.8) is 0 Å². The van der Waals surface area contributed by atoms with Crippen LogP contribution in [0.3, 0.4) is 0 Å². The fourth-order valence-corrected chi connectivity index (χ4v) is 2.96. The maximum absolute atomic E-state index is 12.2. The van der Waals surface area contributed by atoms with Crippen LogP contribution in [0.4, 0.5) is 0 Å². The van der Waals surface area contributed by atoms with E-state index in [2.05, 4.69) is 5.32 Å². The third-order valence-corrected chi connectivity index (χ3v) is 4.49. The lowest BCUT2D eigenvalue weighted by atomic mass is 9.89. The molecule has 1 saturated carbocycles. The van der Waals surface area contributed by atoms with Crippen LogP contribution in [0.25, 0.3) is 0 Å². The van der Waals surface area contributed by atoms with Gasteiger partial charge in [0, 0.05) is 25.4 Å². The van der Waals surface area contributed by atoms with Gasteiger partial charge in [0.25, 0.3) is 5.91 Å². The van der Waals surface area contributed by atoms with Crippen LogP contribution in [0.1, 0.15) is 37.2 Å². The van der Waals surface area contributed by atoms with E-state index < -0.39 is 10.0 Å². The maximum Gasteiger partial charge on any atom is 0.268 e. The molecule has 1 aliphatic rings. The number of hydrogen-bond donors (Lipinski definition) is 2. The molecule has 0 unspecified atom stereocenters. The Morgan fingerprint density at radius 2 is 2.14 bits per heavy atom. The van der Waals surface area contributed by atoms with E-state index in [1.165, 1.54) is 12.3 Å². The van der Waals surface area contributed by atoms with Crippen molar-refractivity contribution in [2.24, 2.45) is 5.14 Å². The van der Waals surface area contributed by atoms with Gasteiger partial charge in [0.15, 0.2) is 0 Å². The van der Waals surface area contributed by atoms with Crippen molar-refractivity contribution in [2.75, 3.05) is 6.61 Å². The second-order valence-corrected chi connectivity index (χ2v) is 6.67. The molecular formula is C13H21N3O4S. The molecular weight excluding hydrogens is 294 g/mol. The van der Waals surface area contributed by atoms with Crippen LogP contribution >= 0.6 is 0 Å². The molecule has 1 aliphatic carbocycles. The summed E-state index contributed by atoms with van der Waals surface area (Å²) in [4.78, 5) is 12.2. The first-order chi connectivity index (χ1) is 9.85. The monoisotopic (exact) mass is 315 g/mol. The van der Waals surface area contributed by atoms with E-state index in [1.807, 2.05) is 13.8 Å². The van der Waals surface area contributed by atoms with E-state index in [0.717, 1.165) is 12.8 Å². The third-order valence-electron chi connectivity index (χ3n) is 3.61. The van der Waals surface area contributed by atoms with Crippen molar-refractivity contribution < 1.29 is 17.9 Å². The van der Waals surface area contributed by atoms with Crippen LogP contribution in [-0.4, -0.2) is 37.6 Å². The molecule has 21 heavy (non-hydrogen) atoms. The summed E-state index contributed by atoms with van der Waals surface area (Å²) in [6.07, 6.45) is 3.16. The van der Waals surface area contributed by atoms with E-state index in [0.29, 0.717) is 18.8 Å². The number of nitrogens with one attached hydrogen (secondary N) is 1. The number of ether oxygens (including phenoxy) is 1. The van der Waals surface area contributed by atoms with Gasteiger partial charge in [-0.05, 0) is 32.8 Å². The van der Waals surface area contributed by atoms with Gasteiger partial charge in [-0.3, -0.25) is 4.79 Å². The van der Waals surface area contributed by atoms with Gasteiger partial charge >= 0.3 is 0 Å². The Hall–Kier alpha value is -1.38. The number of carbonyl (C=O) groups excluding carboxylic acids is 1. The highest BCUT2D eigenvalue weighted by atomic mass is 32.2. The van der Waals surface area contributed by atoms with Crippen molar-refractivity contribution in [2.45, 2.75) is 50.3 Å². The first kappa shape index (κ1) is 16.0. The molecule has 0 aliphatic heterocycles. The van der Waals surface area contributed by atoms with Crippen molar-refractivity contribution >= 4 is 15.9 Å². The van der Waals surface area contributed by atoms with Crippen LogP contribution in [0.15, 0.2) is 17.2 Å². The Labute approximate surface area is 124 Å². The molecule has 7 nitrogen and oxygen atoms in total. The summed E-state index contributed by atoms with van der Waals surface area (Å²) in [5.74, 6) is -0.285. The van der Waals surface area contributed by atoms with Gasteiger partial charge in [-0.25, -0.2) is 13.6 Å². The number of carbonyl (C=O) groups is 1. The first-order valence-electron chi connectivity index (χ1n) is 7.00. The van der Waals surface area contributed by atoms with Crippen molar-refractivity contribution in [3.05, 3.63) is 18.0 Å². The molecule has 1 fully saturated rings. The van der Waals surface area contributed by atoms with Gasteiger partial charge in [-0.15, -0.1) is 0 Å². The van der Waals surface area contributed by atoms with E-state index in [9.17, 15) is 13.2 Å². The largest absolute Gasteiger partial charge is 0.378 e. The molecule has 0 aromatic carbocycles. The van der Waals surface area contributed by atoms with Crippen LogP contribution < -0.4 is 10.5 Å². The van der Waals surface area contributed by atoms with Crippen molar-refractivity contribution in [1.29, 1.82) is 0 Å². The van der Waals surface area contributed by atoms with E-state index >= 15 is 0 Å². The summed E-state index contributed by atoms with van der Waals surface area (Å²) >= 11 is 0. The van der Waals surface area contributed by atoms with Gasteiger partial charge in [0.1, 0.15) is 10.6 Å². The molecule has 3 N–H and O–H groups in total. The molecule has 1 amide bonds. The minimum atomic E-state index is -3.81. The number of rotatable bonds is 6. The van der Waals surface area contributed by atoms with Gasteiger partial charge in [-0.2, -0.15) is 0 Å². The number of hydrogen-bond acceptors (Lipinski definition) is 4. The SMILES string of the molecule is CCOC1CC(NC(=O)c2cc(S(N)(=O)=O)cn2CC)C1. The summed E-state index contributed by atoms with van der Waals surface area (Å²) in [6.45, 7) is 4.93. The smallest absolute Gasteiger partial charge is 0.268 e. The summed E-state index contributed by atoms with van der Waals surface area (Å²) in [6, 6.07) is 1.39. The fourth-order valence-electron chi connectivity index (χ4n) is 2.41. The lowest BCUT2D eigenvalue weighted by Gasteiger charge is -2.35. The molecule has 0 spiro atoms. The number of sulfonamides is 1. The number of aryl methyl sites for hydroxylation is 1. The van der Waals surface area contributed by atoms with Gasteiger partial charge in [-0.1, -0.05) is 0 Å². The molecule has 0 radical (unpaired) electrons. The summed E-state index contributed by atoms with van der Waals surface area (Å²) in [5.41, 5.74) is 0.307. The zero-order chi connectivity index (χ0) is 15.6. The molecule has 1 aromatic rings. The molecule has 0 bridgehead atoms. The Morgan fingerprint density at radius 3 is 2.67 bits per heavy atom. The number of primary sulfonamides is 1. The zero-order valence-corrected chi connectivity index (χ0v) is 13.0. The Kier molecular flexibility index (Phi) is 4.70. The highest BCUT2D eigenvalue weighted by molar-refractivity contribution is 7.89. The lowest BCUT2D eigenvalue weighted by molar-refractivity contribution is -0.00870. The Morgan fingerprint density at radius 1 is 1.48 bits per heavy atom. The van der Waals surface area contributed by atoms with Crippen LogP contribution in [0.2, 0.25) is 0 Å². The van der Waals surface area contributed by atoms with E-state index in [4.69, 9.17) is 9.88 Å². The number of amides is 1. The number of nitrogens with two attached hydrogens (primary N) is 1. The normalized spacial score (nSPS) is 21.9. The number of aromatic nitrogens is 1. The number of nitrogens with zero attached hydrogens (tertiary/aromatic N) is 1. The predicted molar refractivity (Wildman–Crippen MR) is 77.4 cm³/mol. The van der Waals surface area contributed by atoms with Crippen LogP contribution in [-0.2, 0) is 21.3 Å². The molecule has 0 saturated heterocycles. The molecule has 1 aromatic heterocycles. The lowest BCUT2D eigenvalue weighted by Crippen LogP contribution is -2.48. The summed E-state index contributed by atoms with van der Waals surface area (Å²) < 4.78 is 29.7.